The summed E-state index contributed by atoms with van der Waals surface area (Å²) in [5.74, 6) is -4.15. The van der Waals surface area contributed by atoms with E-state index in [2.05, 4.69) is 31.9 Å². The van der Waals surface area contributed by atoms with Gasteiger partial charge in [0, 0.05) is 21.0 Å². The average molecular weight is 979 g/mol. The van der Waals surface area contributed by atoms with Crippen LogP contribution in [0.25, 0.3) is 12.2 Å². The first-order valence-corrected chi connectivity index (χ1v) is 21.9. The molecule has 4 aliphatic rings. The number of phenolic OH excluding ortho intramolecular Hbond substituents is 1. The quantitative estimate of drug-likeness (QED) is 0.0881. The largest absolute Gasteiger partial charge is 0.503 e. The highest BCUT2D eigenvalue weighted by Gasteiger charge is 2.70. The first-order chi connectivity index (χ1) is 29.9. The van der Waals surface area contributed by atoms with E-state index in [4.69, 9.17) is 25.8 Å². The van der Waals surface area contributed by atoms with Crippen molar-refractivity contribution in [2.24, 2.45) is 23.7 Å². The van der Waals surface area contributed by atoms with Crippen LogP contribution in [0.3, 0.4) is 0 Å². The summed E-state index contributed by atoms with van der Waals surface area (Å²) in [4.78, 5) is 62.7. The Kier molecular flexibility index (Phi) is 10.9. The second kappa shape index (κ2) is 16.2. The van der Waals surface area contributed by atoms with Crippen LogP contribution >= 0.6 is 43.5 Å². The van der Waals surface area contributed by atoms with Crippen molar-refractivity contribution in [1.29, 1.82) is 0 Å². The number of amides is 4. The minimum atomic E-state index is -1.52. The molecular weight excluding hydrogens is 940 g/mol. The number of anilines is 2. The van der Waals surface area contributed by atoms with Gasteiger partial charge in [0.05, 0.1) is 60.3 Å². The molecule has 0 spiro atoms. The third-order valence-electron chi connectivity index (χ3n) is 12.9. The molecule has 62 heavy (non-hydrogen) atoms. The van der Waals surface area contributed by atoms with Crippen molar-refractivity contribution in [2.45, 2.75) is 24.2 Å². The molecule has 5 aromatic rings. The number of halogens is 3. The van der Waals surface area contributed by atoms with Crippen LogP contribution in [0.1, 0.15) is 41.0 Å². The molecule has 3 fully saturated rings. The van der Waals surface area contributed by atoms with Gasteiger partial charge in [-0.25, -0.2) is 4.90 Å². The zero-order chi connectivity index (χ0) is 43.6. The Labute approximate surface area is 380 Å². The molecule has 1 N–H and O–H groups in total. The van der Waals surface area contributed by atoms with Gasteiger partial charge < -0.3 is 19.3 Å². The van der Waals surface area contributed by atoms with Crippen LogP contribution in [0.5, 0.6) is 23.0 Å². The van der Waals surface area contributed by atoms with Gasteiger partial charge in [0.2, 0.25) is 23.6 Å². The molecule has 0 aromatic heterocycles. The topological polar surface area (TPSA) is 123 Å². The highest BCUT2D eigenvalue weighted by molar-refractivity contribution is 9.13. The maximum atomic E-state index is 15.6. The third kappa shape index (κ3) is 6.40. The molecule has 5 aromatic carbocycles. The van der Waals surface area contributed by atoms with Crippen molar-refractivity contribution in [1.82, 2.24) is 0 Å². The molecule has 0 radical (unpaired) electrons. The summed E-state index contributed by atoms with van der Waals surface area (Å²) >= 11 is 13.8. The van der Waals surface area contributed by atoms with Gasteiger partial charge in [-0.05, 0) is 122 Å². The van der Waals surface area contributed by atoms with Crippen molar-refractivity contribution in [2.75, 3.05) is 31.1 Å². The predicted molar refractivity (Wildman–Crippen MR) is 244 cm³/mol. The summed E-state index contributed by atoms with van der Waals surface area (Å²) in [6.07, 6.45) is 6.17. The zero-order valence-electron chi connectivity index (χ0n) is 33.7. The fourth-order valence-corrected chi connectivity index (χ4v) is 11.4. The standard InChI is InChI=1S/C49H39Br2ClN2O8/c1-60-32-18-21-38(61-2)27(22-32)15-12-26-13-16-30(17-14-26)53-45(56)34-20-19-33-35(40(34)47(53)58)24-37-46(57)54(31-11-7-10-29(52)23-31)48(59)49(37,28-8-5-4-6-9-28)41(33)36-25-39(62-3)44(55)43(51)42(36)50/h4-19,21-23,25,34-35,37,40-41,55H,20,24H2,1-3H3. The molecule has 6 atom stereocenters. The number of phenols is 1. The minimum Gasteiger partial charge on any atom is -0.503 e. The SMILES string of the molecule is COc1ccc(OC)c(C=Cc2ccc(N3C(=O)C4CC=C5C(CC6C(=O)N(c7cccc(Cl)c7)C(=O)C6(c6ccccc6)C5c5cc(OC)c(O)c(Br)c5Br)C4C3=O)cc2)c1. The minimum absolute atomic E-state index is 0.123. The number of nitrogens with zero attached hydrogens (tertiary/aromatic N) is 2. The van der Waals surface area contributed by atoms with Crippen LogP contribution in [0.15, 0.2) is 124 Å². The maximum absolute atomic E-state index is 15.6. The number of fused-ring (bicyclic) bond motifs is 4. The second-order valence-corrected chi connectivity index (χ2v) is 17.8. The number of allylic oxidation sites excluding steroid dienone is 2. The molecule has 2 aliphatic carbocycles. The molecule has 4 amide bonds. The first-order valence-electron chi connectivity index (χ1n) is 20.0. The summed E-state index contributed by atoms with van der Waals surface area (Å²) in [5, 5.41) is 11.5. The molecule has 2 saturated heterocycles. The van der Waals surface area contributed by atoms with Crippen LogP contribution in [0, 0.1) is 23.7 Å². The Bertz CT molecular complexity index is 2740. The lowest BCUT2D eigenvalue weighted by atomic mass is 9.49. The lowest BCUT2D eigenvalue weighted by Crippen LogP contribution is -2.53. The molecule has 2 heterocycles. The number of hydrogen-bond acceptors (Lipinski definition) is 8. The number of benzene rings is 5. The lowest BCUT2D eigenvalue weighted by molar-refractivity contribution is -0.127. The molecule has 314 valence electrons. The summed E-state index contributed by atoms with van der Waals surface area (Å²) < 4.78 is 17.3. The molecule has 13 heteroatoms. The highest BCUT2D eigenvalue weighted by Crippen LogP contribution is 2.66. The third-order valence-corrected chi connectivity index (χ3v) is 15.3. The number of methoxy groups -OCH3 is 3. The van der Waals surface area contributed by atoms with Gasteiger partial charge >= 0.3 is 0 Å². The molecular formula is C49H39Br2ClN2O8. The summed E-state index contributed by atoms with van der Waals surface area (Å²) in [7, 11) is 4.64. The van der Waals surface area contributed by atoms with Crippen molar-refractivity contribution in [3.05, 3.63) is 151 Å². The number of carbonyl (C=O) groups excluding carboxylic acids is 4. The Hall–Kier alpha value is -5.69. The summed E-state index contributed by atoms with van der Waals surface area (Å²) in [6.45, 7) is 0. The average Bonchev–Trinajstić information content (AvgIpc) is 3.68. The van der Waals surface area contributed by atoms with Gasteiger partial charge in [0.25, 0.3) is 0 Å². The van der Waals surface area contributed by atoms with Gasteiger partial charge in [0.15, 0.2) is 11.5 Å². The number of ether oxygens (including phenoxy) is 3. The second-order valence-electron chi connectivity index (χ2n) is 15.8. The number of imide groups is 2. The van der Waals surface area contributed by atoms with Crippen molar-refractivity contribution >= 4 is 90.6 Å². The van der Waals surface area contributed by atoms with E-state index in [-0.39, 0.29) is 36.2 Å². The Balaban J connectivity index is 1.15. The van der Waals surface area contributed by atoms with E-state index in [1.165, 1.54) is 16.9 Å². The maximum Gasteiger partial charge on any atom is 0.246 e. The fourth-order valence-electron chi connectivity index (χ4n) is 10.2. The number of hydrogen-bond donors (Lipinski definition) is 1. The van der Waals surface area contributed by atoms with Crippen LogP contribution in [-0.4, -0.2) is 50.1 Å². The number of carbonyl (C=O) groups is 4. The van der Waals surface area contributed by atoms with Crippen LogP contribution in [0.2, 0.25) is 5.02 Å². The van der Waals surface area contributed by atoms with Crippen molar-refractivity contribution in [3.8, 4) is 23.0 Å². The number of aromatic hydroxyl groups is 1. The van der Waals surface area contributed by atoms with E-state index in [9.17, 15) is 14.7 Å². The molecule has 9 rings (SSSR count). The van der Waals surface area contributed by atoms with Gasteiger partial charge in [-0.1, -0.05) is 83.9 Å². The first kappa shape index (κ1) is 41.7. The van der Waals surface area contributed by atoms with E-state index in [1.807, 2.05) is 78.9 Å². The highest BCUT2D eigenvalue weighted by atomic mass is 79.9. The van der Waals surface area contributed by atoms with Gasteiger partial charge in [0.1, 0.15) is 11.5 Å². The van der Waals surface area contributed by atoms with Gasteiger partial charge in [-0.3, -0.25) is 24.1 Å². The lowest BCUT2D eigenvalue weighted by Gasteiger charge is -2.51. The summed E-state index contributed by atoms with van der Waals surface area (Å²) in [5.41, 5.74) is 2.83. The fraction of sp³-hybridized carbons (Fsp3) is 0.224. The molecule has 0 bridgehead atoms. The van der Waals surface area contributed by atoms with Gasteiger partial charge in [-0.2, -0.15) is 0 Å². The predicted octanol–water partition coefficient (Wildman–Crippen LogP) is 10.1. The molecule has 10 nitrogen and oxygen atoms in total. The van der Waals surface area contributed by atoms with E-state index in [0.29, 0.717) is 48.0 Å². The molecule has 6 unspecified atom stereocenters. The van der Waals surface area contributed by atoms with E-state index in [0.717, 1.165) is 16.7 Å². The van der Waals surface area contributed by atoms with Crippen LogP contribution in [-0.2, 0) is 24.6 Å². The van der Waals surface area contributed by atoms with Crippen LogP contribution in [0.4, 0.5) is 11.4 Å². The zero-order valence-corrected chi connectivity index (χ0v) is 37.6. The van der Waals surface area contributed by atoms with E-state index >= 15 is 9.59 Å². The normalized spacial score (nSPS) is 24.2. The van der Waals surface area contributed by atoms with Crippen LogP contribution < -0.4 is 24.0 Å². The smallest absolute Gasteiger partial charge is 0.246 e. The van der Waals surface area contributed by atoms with E-state index < -0.39 is 46.8 Å². The Morgan fingerprint density at radius 2 is 1.47 bits per heavy atom. The monoisotopic (exact) mass is 976 g/mol. The molecule has 2 aliphatic heterocycles. The van der Waals surface area contributed by atoms with E-state index in [1.54, 1.807) is 56.7 Å². The number of rotatable bonds is 9. The van der Waals surface area contributed by atoms with Crippen molar-refractivity contribution < 1.29 is 38.5 Å². The molecule has 1 saturated carbocycles. The van der Waals surface area contributed by atoms with Gasteiger partial charge in [-0.15, -0.1) is 0 Å². The van der Waals surface area contributed by atoms with Crippen molar-refractivity contribution in [3.63, 3.8) is 0 Å². The Morgan fingerprint density at radius 1 is 0.726 bits per heavy atom. The summed E-state index contributed by atoms with van der Waals surface area (Å²) in [6, 6.07) is 30.3. The Morgan fingerprint density at radius 3 is 2.16 bits per heavy atom.